The Balaban J connectivity index is 1.66. The van der Waals surface area contributed by atoms with Crippen molar-refractivity contribution in [1.82, 2.24) is 15.3 Å². The number of rotatable bonds is 7. The summed E-state index contributed by atoms with van der Waals surface area (Å²) in [6.07, 6.45) is 5.38. The van der Waals surface area contributed by atoms with Crippen molar-refractivity contribution >= 4 is 16.7 Å². The Labute approximate surface area is 144 Å². The molecule has 2 heterocycles. The summed E-state index contributed by atoms with van der Waals surface area (Å²) in [6.45, 7) is 1.86. The first-order chi connectivity index (χ1) is 12.2. The molecule has 2 N–H and O–H groups in total. The summed E-state index contributed by atoms with van der Waals surface area (Å²) in [5.74, 6) is 0.607. The van der Waals surface area contributed by atoms with Crippen molar-refractivity contribution in [3.05, 3.63) is 54.5 Å². The zero-order chi connectivity index (χ0) is 17.6. The topological polar surface area (TPSA) is 97.5 Å². The van der Waals surface area contributed by atoms with Crippen LogP contribution in [0.2, 0.25) is 0 Å². The minimum atomic E-state index is -0.382. The first-order valence-electron chi connectivity index (χ1n) is 8.03. The van der Waals surface area contributed by atoms with E-state index < -0.39 is 0 Å². The number of aliphatic hydroxyl groups is 1. The SMILES string of the molecule is CC[C@@H](CO)NC(=O)c1coc(COc2cccc3cnccc23)n1. The lowest BCUT2D eigenvalue weighted by Crippen LogP contribution is -2.37. The predicted molar refractivity (Wildman–Crippen MR) is 91.2 cm³/mol. The van der Waals surface area contributed by atoms with Crippen LogP contribution in [0.4, 0.5) is 0 Å². The summed E-state index contributed by atoms with van der Waals surface area (Å²) in [5, 5.41) is 13.7. The molecule has 0 unspecified atom stereocenters. The number of aromatic nitrogens is 2. The van der Waals surface area contributed by atoms with Crippen molar-refractivity contribution in [3.63, 3.8) is 0 Å². The molecule has 0 aliphatic carbocycles. The van der Waals surface area contributed by atoms with E-state index in [1.165, 1.54) is 6.26 Å². The molecule has 0 bridgehead atoms. The van der Waals surface area contributed by atoms with Gasteiger partial charge in [-0.3, -0.25) is 9.78 Å². The van der Waals surface area contributed by atoms with Crippen molar-refractivity contribution in [2.75, 3.05) is 6.61 Å². The molecule has 1 aromatic carbocycles. The van der Waals surface area contributed by atoms with Crippen LogP contribution in [0.5, 0.6) is 5.75 Å². The third-order valence-electron chi connectivity index (χ3n) is 3.82. The summed E-state index contributed by atoms with van der Waals surface area (Å²) in [4.78, 5) is 20.3. The lowest BCUT2D eigenvalue weighted by atomic mass is 10.1. The second-order valence-electron chi connectivity index (χ2n) is 5.53. The zero-order valence-corrected chi connectivity index (χ0v) is 13.8. The van der Waals surface area contributed by atoms with E-state index in [9.17, 15) is 4.79 Å². The molecule has 7 nitrogen and oxygen atoms in total. The van der Waals surface area contributed by atoms with Gasteiger partial charge in [-0.05, 0) is 18.6 Å². The molecule has 0 saturated heterocycles. The largest absolute Gasteiger partial charge is 0.483 e. The molecule has 130 valence electrons. The van der Waals surface area contributed by atoms with Gasteiger partial charge in [-0.15, -0.1) is 0 Å². The number of amides is 1. The highest BCUT2D eigenvalue weighted by Gasteiger charge is 2.16. The molecule has 25 heavy (non-hydrogen) atoms. The molecular formula is C18H19N3O4. The first-order valence-corrected chi connectivity index (χ1v) is 8.03. The molecule has 2 aromatic heterocycles. The van der Waals surface area contributed by atoms with Gasteiger partial charge in [-0.1, -0.05) is 19.1 Å². The third-order valence-corrected chi connectivity index (χ3v) is 3.82. The molecule has 0 aliphatic heterocycles. The lowest BCUT2D eigenvalue weighted by Gasteiger charge is -2.12. The minimum absolute atomic E-state index is 0.103. The molecule has 0 spiro atoms. The van der Waals surface area contributed by atoms with Gasteiger partial charge in [-0.25, -0.2) is 4.98 Å². The Morgan fingerprint density at radius 3 is 3.08 bits per heavy atom. The fourth-order valence-electron chi connectivity index (χ4n) is 2.38. The van der Waals surface area contributed by atoms with Crippen LogP contribution in [-0.2, 0) is 6.61 Å². The number of aliphatic hydroxyl groups excluding tert-OH is 1. The second-order valence-corrected chi connectivity index (χ2v) is 5.53. The molecule has 0 radical (unpaired) electrons. The molecule has 3 aromatic rings. The minimum Gasteiger partial charge on any atom is -0.483 e. The number of oxazole rings is 1. The zero-order valence-electron chi connectivity index (χ0n) is 13.8. The monoisotopic (exact) mass is 341 g/mol. The van der Waals surface area contributed by atoms with E-state index >= 15 is 0 Å². The van der Waals surface area contributed by atoms with Crippen molar-refractivity contribution < 1.29 is 19.1 Å². The van der Waals surface area contributed by atoms with Crippen molar-refractivity contribution in [2.45, 2.75) is 26.0 Å². The standard InChI is InChI=1S/C18H19N3O4/c1-2-13(9-22)20-18(23)15-10-25-17(21-15)11-24-16-5-3-4-12-8-19-7-6-14(12)16/h3-8,10,13,22H,2,9,11H2,1H3,(H,20,23)/t13-/m0/s1. The average Bonchev–Trinajstić information content (AvgIpc) is 3.13. The fraction of sp³-hybridized carbons (Fsp3) is 0.278. The molecule has 0 saturated carbocycles. The Morgan fingerprint density at radius 2 is 2.28 bits per heavy atom. The van der Waals surface area contributed by atoms with Crippen molar-refractivity contribution in [1.29, 1.82) is 0 Å². The Hall–Kier alpha value is -2.93. The molecule has 0 aliphatic rings. The highest BCUT2D eigenvalue weighted by Crippen LogP contribution is 2.25. The molecule has 1 amide bonds. The Bertz CT molecular complexity index is 853. The number of ether oxygens (including phenoxy) is 1. The number of carbonyl (C=O) groups is 1. The van der Waals surface area contributed by atoms with E-state index in [1.54, 1.807) is 12.4 Å². The highest BCUT2D eigenvalue weighted by atomic mass is 16.5. The van der Waals surface area contributed by atoms with Crippen LogP contribution >= 0.6 is 0 Å². The first kappa shape index (κ1) is 16.9. The van der Waals surface area contributed by atoms with E-state index in [2.05, 4.69) is 15.3 Å². The maximum atomic E-state index is 12.0. The van der Waals surface area contributed by atoms with Gasteiger partial charge in [0.1, 0.15) is 12.0 Å². The smallest absolute Gasteiger partial charge is 0.273 e. The molecule has 1 atom stereocenters. The van der Waals surface area contributed by atoms with Crippen molar-refractivity contribution in [3.8, 4) is 5.75 Å². The predicted octanol–water partition coefficient (Wildman–Crippen LogP) is 2.30. The Kier molecular flexibility index (Phi) is 5.25. The lowest BCUT2D eigenvalue weighted by molar-refractivity contribution is 0.0910. The number of fused-ring (bicyclic) bond motifs is 1. The average molecular weight is 341 g/mol. The number of nitrogens with zero attached hydrogens (tertiary/aromatic N) is 2. The van der Waals surface area contributed by atoms with Gasteiger partial charge in [0.25, 0.3) is 5.91 Å². The van der Waals surface area contributed by atoms with E-state index in [1.807, 2.05) is 31.2 Å². The van der Waals surface area contributed by atoms with Crippen LogP contribution in [0.15, 0.2) is 47.3 Å². The summed E-state index contributed by atoms with van der Waals surface area (Å²) >= 11 is 0. The van der Waals surface area contributed by atoms with Gasteiger partial charge < -0.3 is 19.6 Å². The number of pyridine rings is 1. The van der Waals surface area contributed by atoms with Crippen LogP contribution < -0.4 is 10.1 Å². The van der Waals surface area contributed by atoms with Gasteiger partial charge in [-0.2, -0.15) is 0 Å². The van der Waals surface area contributed by atoms with Crippen LogP contribution in [0, 0.1) is 0 Å². The van der Waals surface area contributed by atoms with Gasteiger partial charge in [0.05, 0.1) is 12.6 Å². The molecule has 3 rings (SSSR count). The number of nitrogens with one attached hydrogen (secondary N) is 1. The van der Waals surface area contributed by atoms with E-state index in [0.29, 0.717) is 18.1 Å². The normalized spacial score (nSPS) is 12.1. The molecule has 0 fully saturated rings. The number of hydrogen-bond donors (Lipinski definition) is 2. The van der Waals surface area contributed by atoms with Gasteiger partial charge in [0, 0.05) is 23.2 Å². The Morgan fingerprint density at radius 1 is 1.40 bits per heavy atom. The third kappa shape index (κ3) is 3.95. The quantitative estimate of drug-likeness (QED) is 0.684. The van der Waals surface area contributed by atoms with Crippen LogP contribution in [0.25, 0.3) is 10.8 Å². The molecule has 7 heteroatoms. The second kappa shape index (κ2) is 7.76. The van der Waals surface area contributed by atoms with E-state index in [0.717, 1.165) is 10.8 Å². The maximum Gasteiger partial charge on any atom is 0.273 e. The van der Waals surface area contributed by atoms with Crippen LogP contribution in [0.3, 0.4) is 0 Å². The van der Waals surface area contributed by atoms with Gasteiger partial charge in [0.15, 0.2) is 12.3 Å². The summed E-state index contributed by atoms with van der Waals surface area (Å²) in [7, 11) is 0. The summed E-state index contributed by atoms with van der Waals surface area (Å²) in [5.41, 5.74) is 0.160. The number of carbonyl (C=O) groups excluding carboxylic acids is 1. The number of hydrogen-bond acceptors (Lipinski definition) is 6. The highest BCUT2D eigenvalue weighted by molar-refractivity contribution is 5.92. The van der Waals surface area contributed by atoms with Crippen LogP contribution in [0.1, 0.15) is 29.7 Å². The fourth-order valence-corrected chi connectivity index (χ4v) is 2.38. The molecular weight excluding hydrogens is 322 g/mol. The van der Waals surface area contributed by atoms with Gasteiger partial charge in [0.2, 0.25) is 5.89 Å². The summed E-state index contributed by atoms with van der Waals surface area (Å²) in [6, 6.07) is 7.26. The maximum absolute atomic E-state index is 12.0. The number of benzene rings is 1. The summed E-state index contributed by atoms with van der Waals surface area (Å²) < 4.78 is 11.1. The van der Waals surface area contributed by atoms with Gasteiger partial charge >= 0.3 is 0 Å². The van der Waals surface area contributed by atoms with E-state index in [-0.39, 0.29) is 30.9 Å². The van der Waals surface area contributed by atoms with E-state index in [4.69, 9.17) is 14.3 Å². The van der Waals surface area contributed by atoms with Crippen molar-refractivity contribution in [2.24, 2.45) is 0 Å². The van der Waals surface area contributed by atoms with Crippen LogP contribution in [-0.4, -0.2) is 33.6 Å².